The van der Waals surface area contributed by atoms with Gasteiger partial charge in [0.05, 0.1) is 6.61 Å². The number of carbonyl (C=O) groups excluding carboxylic acids is 2. The van der Waals surface area contributed by atoms with Crippen LogP contribution in [0, 0.1) is 19.8 Å². The van der Waals surface area contributed by atoms with Crippen LogP contribution in [0.2, 0.25) is 0 Å². The Morgan fingerprint density at radius 2 is 1.72 bits per heavy atom. The van der Waals surface area contributed by atoms with Crippen molar-refractivity contribution >= 4 is 40.2 Å². The van der Waals surface area contributed by atoms with E-state index < -0.39 is 17.9 Å². The summed E-state index contributed by atoms with van der Waals surface area (Å²) in [6.07, 6.45) is 2.81. The number of aliphatic carboxylic acids is 2. The van der Waals surface area contributed by atoms with Gasteiger partial charge in [-0.25, -0.2) is 14.4 Å². The van der Waals surface area contributed by atoms with Gasteiger partial charge in [0.15, 0.2) is 0 Å². The number of anilines is 1. The fraction of sp³-hybridized carbons (Fsp3) is 0.462. The predicted molar refractivity (Wildman–Crippen MR) is 139 cm³/mol. The standard InChI is InChI=1S/C24H32N2O3S.C2H2O4/c1-5-29-24(28)22-20(19-7-6-17(3)18(4)14-19)15-30-23(22)25-21(27)10-13-26-11-8-16(2)9-12-26;3-1(4)2(5)6/h6-7,14-16H,5,8-13H2,1-4H3,(H,25,27);(H,3,4)(H,5,6). The summed E-state index contributed by atoms with van der Waals surface area (Å²) in [6, 6.07) is 6.13. The van der Waals surface area contributed by atoms with Crippen LogP contribution in [0.5, 0.6) is 0 Å². The van der Waals surface area contributed by atoms with Crippen molar-refractivity contribution in [3.8, 4) is 11.1 Å². The quantitative estimate of drug-likeness (QED) is 0.362. The second kappa shape index (κ2) is 13.7. The molecule has 3 N–H and O–H groups in total. The third-order valence-corrected chi connectivity index (χ3v) is 6.95. The minimum atomic E-state index is -1.82. The van der Waals surface area contributed by atoms with Gasteiger partial charge >= 0.3 is 17.9 Å². The van der Waals surface area contributed by atoms with Gasteiger partial charge < -0.3 is 25.2 Å². The molecule has 0 radical (unpaired) electrons. The molecule has 1 aliphatic heterocycles. The maximum atomic E-state index is 12.7. The van der Waals surface area contributed by atoms with Crippen LogP contribution < -0.4 is 5.32 Å². The van der Waals surface area contributed by atoms with Gasteiger partial charge in [-0.1, -0.05) is 25.1 Å². The number of carboxylic acid groups (broad SMARTS) is 2. The zero-order chi connectivity index (χ0) is 26.8. The first-order valence-corrected chi connectivity index (χ1v) is 12.8. The first kappa shape index (κ1) is 29.0. The molecule has 1 saturated heterocycles. The second-order valence-electron chi connectivity index (χ2n) is 8.81. The number of benzene rings is 1. The summed E-state index contributed by atoms with van der Waals surface area (Å²) >= 11 is 1.38. The Hall–Kier alpha value is -3.24. The van der Waals surface area contributed by atoms with E-state index in [1.54, 1.807) is 6.92 Å². The van der Waals surface area contributed by atoms with E-state index in [2.05, 4.69) is 43.1 Å². The number of nitrogens with one attached hydrogen (secondary N) is 1. The van der Waals surface area contributed by atoms with Crippen molar-refractivity contribution in [2.75, 3.05) is 31.6 Å². The molecule has 1 aromatic heterocycles. The highest BCUT2D eigenvalue weighted by Crippen LogP contribution is 2.37. The maximum absolute atomic E-state index is 12.7. The number of hydrogen-bond acceptors (Lipinski definition) is 7. The van der Waals surface area contributed by atoms with Crippen LogP contribution in [-0.4, -0.2) is 65.2 Å². The molecule has 2 aromatic rings. The first-order chi connectivity index (χ1) is 17.0. The number of aryl methyl sites for hydroxylation is 2. The Morgan fingerprint density at radius 3 is 2.28 bits per heavy atom. The molecular formula is C26H34N2O7S. The molecule has 0 bridgehead atoms. The van der Waals surface area contributed by atoms with Gasteiger partial charge in [-0.15, -0.1) is 11.3 Å². The maximum Gasteiger partial charge on any atom is 0.414 e. The number of carboxylic acids is 2. The third-order valence-electron chi connectivity index (χ3n) is 6.06. The van der Waals surface area contributed by atoms with E-state index >= 15 is 0 Å². The van der Waals surface area contributed by atoms with E-state index in [0.717, 1.165) is 42.2 Å². The van der Waals surface area contributed by atoms with Crippen LogP contribution >= 0.6 is 11.3 Å². The molecule has 0 atom stereocenters. The van der Waals surface area contributed by atoms with Crippen molar-refractivity contribution in [3.63, 3.8) is 0 Å². The van der Waals surface area contributed by atoms with Gasteiger partial charge in [0.1, 0.15) is 10.6 Å². The van der Waals surface area contributed by atoms with E-state index in [-0.39, 0.29) is 5.91 Å². The van der Waals surface area contributed by atoms with Gasteiger partial charge in [0.2, 0.25) is 5.91 Å². The summed E-state index contributed by atoms with van der Waals surface area (Å²) < 4.78 is 5.30. The lowest BCUT2D eigenvalue weighted by Crippen LogP contribution is -2.35. The molecule has 0 aliphatic carbocycles. The topological polar surface area (TPSA) is 133 Å². The van der Waals surface area contributed by atoms with Crippen molar-refractivity contribution < 1.29 is 34.1 Å². The third kappa shape index (κ3) is 8.46. The summed E-state index contributed by atoms with van der Waals surface area (Å²) in [4.78, 5) is 45.9. The van der Waals surface area contributed by atoms with Crippen LogP contribution in [0.25, 0.3) is 11.1 Å². The number of carbonyl (C=O) groups is 4. The molecule has 36 heavy (non-hydrogen) atoms. The van der Waals surface area contributed by atoms with Crippen LogP contribution in [0.4, 0.5) is 5.00 Å². The van der Waals surface area contributed by atoms with Gasteiger partial charge in [-0.3, -0.25) is 4.79 Å². The number of thiophene rings is 1. The number of nitrogens with zero attached hydrogens (tertiary/aromatic N) is 1. The van der Waals surface area contributed by atoms with E-state index in [4.69, 9.17) is 24.5 Å². The molecular weight excluding hydrogens is 484 g/mol. The van der Waals surface area contributed by atoms with Crippen molar-refractivity contribution in [2.24, 2.45) is 5.92 Å². The highest BCUT2D eigenvalue weighted by Gasteiger charge is 2.23. The van der Waals surface area contributed by atoms with Crippen LogP contribution in [0.1, 0.15) is 54.6 Å². The molecule has 0 unspecified atom stereocenters. The molecule has 9 nitrogen and oxygen atoms in total. The summed E-state index contributed by atoms with van der Waals surface area (Å²) in [5.74, 6) is -3.33. The monoisotopic (exact) mass is 518 g/mol. The SMILES string of the molecule is CCOC(=O)c1c(-c2ccc(C)c(C)c2)csc1NC(=O)CCN1CCC(C)CC1.O=C(O)C(=O)O. The van der Waals surface area contributed by atoms with E-state index in [1.165, 1.54) is 29.7 Å². The smallest absolute Gasteiger partial charge is 0.414 e. The average Bonchev–Trinajstić information content (AvgIpc) is 3.24. The predicted octanol–water partition coefficient (Wildman–Crippen LogP) is 4.42. The zero-order valence-electron chi connectivity index (χ0n) is 21.1. The van der Waals surface area contributed by atoms with Crippen LogP contribution in [0.3, 0.4) is 0 Å². The molecule has 2 heterocycles. The number of ether oxygens (including phenoxy) is 1. The number of likely N-dealkylation sites (tertiary alicyclic amines) is 1. The van der Waals surface area contributed by atoms with Gasteiger partial charge in [-0.05, 0) is 69.3 Å². The number of piperidine rings is 1. The molecule has 0 spiro atoms. The highest BCUT2D eigenvalue weighted by molar-refractivity contribution is 7.15. The lowest BCUT2D eigenvalue weighted by atomic mass is 9.99. The highest BCUT2D eigenvalue weighted by atomic mass is 32.1. The van der Waals surface area contributed by atoms with Gasteiger partial charge in [-0.2, -0.15) is 0 Å². The largest absolute Gasteiger partial charge is 0.473 e. The Morgan fingerprint density at radius 1 is 1.08 bits per heavy atom. The van der Waals surface area contributed by atoms with E-state index in [1.807, 2.05) is 11.4 Å². The summed E-state index contributed by atoms with van der Waals surface area (Å²) in [5.41, 5.74) is 4.58. The summed E-state index contributed by atoms with van der Waals surface area (Å²) in [5, 5.41) is 20.2. The molecule has 1 fully saturated rings. The number of hydrogen-bond donors (Lipinski definition) is 3. The molecule has 3 rings (SSSR count). The Bertz CT molecular complexity index is 1080. The van der Waals surface area contributed by atoms with Gasteiger partial charge in [0, 0.05) is 23.9 Å². The number of amides is 1. The van der Waals surface area contributed by atoms with Crippen molar-refractivity contribution in [3.05, 3.63) is 40.3 Å². The molecule has 1 aromatic carbocycles. The molecule has 1 aliphatic rings. The second-order valence-corrected chi connectivity index (χ2v) is 9.69. The van der Waals surface area contributed by atoms with Crippen LogP contribution in [0.15, 0.2) is 23.6 Å². The molecule has 0 saturated carbocycles. The lowest BCUT2D eigenvalue weighted by Gasteiger charge is -2.29. The summed E-state index contributed by atoms with van der Waals surface area (Å²) in [6.45, 7) is 11.3. The lowest BCUT2D eigenvalue weighted by molar-refractivity contribution is -0.159. The molecule has 1 amide bonds. The number of esters is 1. The molecule has 196 valence electrons. The fourth-order valence-electron chi connectivity index (χ4n) is 3.71. The Balaban J connectivity index is 0.000000678. The minimum Gasteiger partial charge on any atom is -0.473 e. The normalized spacial score (nSPS) is 13.9. The molecule has 10 heteroatoms. The van der Waals surface area contributed by atoms with E-state index in [0.29, 0.717) is 23.6 Å². The number of rotatable bonds is 7. The zero-order valence-corrected chi connectivity index (χ0v) is 21.9. The van der Waals surface area contributed by atoms with E-state index in [9.17, 15) is 9.59 Å². The van der Waals surface area contributed by atoms with Gasteiger partial charge in [0.25, 0.3) is 0 Å². The first-order valence-electron chi connectivity index (χ1n) is 11.9. The Labute approximate surface area is 215 Å². The van der Waals surface area contributed by atoms with Crippen molar-refractivity contribution in [1.29, 1.82) is 0 Å². The van der Waals surface area contributed by atoms with Crippen molar-refractivity contribution in [2.45, 2.75) is 47.0 Å². The fourth-order valence-corrected chi connectivity index (χ4v) is 4.69. The average molecular weight is 519 g/mol. The summed E-state index contributed by atoms with van der Waals surface area (Å²) in [7, 11) is 0. The minimum absolute atomic E-state index is 0.0624. The Kier molecular flexibility index (Phi) is 11.1. The van der Waals surface area contributed by atoms with Crippen molar-refractivity contribution in [1.82, 2.24) is 4.90 Å². The van der Waals surface area contributed by atoms with Crippen LogP contribution in [-0.2, 0) is 19.1 Å².